The summed E-state index contributed by atoms with van der Waals surface area (Å²) in [5.41, 5.74) is 2.13. The van der Waals surface area contributed by atoms with Gasteiger partial charge in [-0.2, -0.15) is 13.1 Å². The van der Waals surface area contributed by atoms with Crippen LogP contribution in [0, 0.1) is 5.82 Å². The summed E-state index contributed by atoms with van der Waals surface area (Å²) < 4.78 is 41.6. The van der Waals surface area contributed by atoms with Gasteiger partial charge in [-0.1, -0.05) is 11.6 Å². The second-order valence-corrected chi connectivity index (χ2v) is 8.97. The van der Waals surface area contributed by atoms with Crippen molar-refractivity contribution in [2.75, 3.05) is 22.7 Å². The van der Waals surface area contributed by atoms with Gasteiger partial charge < -0.3 is 5.32 Å². The molecule has 1 amide bonds. The van der Waals surface area contributed by atoms with Gasteiger partial charge in [0.15, 0.2) is 0 Å². The second kappa shape index (κ2) is 8.62. The zero-order valence-electron chi connectivity index (χ0n) is 16.2. The lowest BCUT2D eigenvalue weighted by Crippen LogP contribution is -2.47. The van der Waals surface area contributed by atoms with E-state index in [1.54, 1.807) is 42.5 Å². The highest BCUT2D eigenvalue weighted by Crippen LogP contribution is 2.30. The van der Waals surface area contributed by atoms with Gasteiger partial charge in [0.2, 0.25) is 0 Å². The van der Waals surface area contributed by atoms with Crippen LogP contribution in [0.15, 0.2) is 60.8 Å². The van der Waals surface area contributed by atoms with E-state index in [0.29, 0.717) is 52.7 Å². The van der Waals surface area contributed by atoms with E-state index in [0.717, 1.165) is 0 Å². The smallest absolute Gasteiger partial charge is 0.301 e. The average Bonchev–Trinajstić information content (AvgIpc) is 2.75. The first-order valence-corrected chi connectivity index (χ1v) is 11.3. The standard InChI is InChI=1S/C21H18ClFN4O3S/c22-19-7-4-16(13-18(19)20-12-15(23)8-10-24-20)26-21(28)14-2-5-17(6-3-14)27-11-1-9-25-31(27,29)30/h2-8,10,12-13,25H,1,9,11H2,(H,26,28). The third kappa shape index (κ3) is 4.68. The monoisotopic (exact) mass is 460 g/mol. The molecule has 0 aliphatic carbocycles. The number of rotatable bonds is 4. The number of amides is 1. The Kier molecular flexibility index (Phi) is 5.90. The minimum Gasteiger partial charge on any atom is -0.322 e. The summed E-state index contributed by atoms with van der Waals surface area (Å²) in [6.45, 7) is 0.788. The van der Waals surface area contributed by atoms with Crippen LogP contribution >= 0.6 is 11.6 Å². The maximum absolute atomic E-state index is 13.5. The Hall–Kier alpha value is -3.01. The Bertz CT molecular complexity index is 1240. The van der Waals surface area contributed by atoms with Gasteiger partial charge in [0.25, 0.3) is 5.91 Å². The van der Waals surface area contributed by atoms with Crippen LogP contribution in [0.1, 0.15) is 16.8 Å². The zero-order valence-corrected chi connectivity index (χ0v) is 17.8. The number of nitrogens with one attached hydrogen (secondary N) is 2. The van der Waals surface area contributed by atoms with Crippen molar-refractivity contribution >= 4 is 39.1 Å². The van der Waals surface area contributed by atoms with E-state index in [1.807, 2.05) is 0 Å². The second-order valence-electron chi connectivity index (χ2n) is 6.88. The molecule has 0 spiro atoms. The van der Waals surface area contributed by atoms with Crippen molar-refractivity contribution in [2.24, 2.45) is 0 Å². The third-order valence-electron chi connectivity index (χ3n) is 4.75. The van der Waals surface area contributed by atoms with Gasteiger partial charge in [0, 0.05) is 42.2 Å². The van der Waals surface area contributed by atoms with Crippen LogP contribution in [-0.2, 0) is 10.2 Å². The largest absolute Gasteiger partial charge is 0.322 e. The van der Waals surface area contributed by atoms with Crippen molar-refractivity contribution in [3.63, 3.8) is 0 Å². The highest BCUT2D eigenvalue weighted by Gasteiger charge is 2.25. The van der Waals surface area contributed by atoms with Crippen molar-refractivity contribution < 1.29 is 17.6 Å². The van der Waals surface area contributed by atoms with Gasteiger partial charge in [-0.25, -0.2) is 4.39 Å². The number of hydrogen-bond acceptors (Lipinski definition) is 4. The molecule has 0 radical (unpaired) electrons. The van der Waals surface area contributed by atoms with Crippen molar-refractivity contribution in [1.29, 1.82) is 0 Å². The van der Waals surface area contributed by atoms with E-state index in [9.17, 15) is 17.6 Å². The summed E-state index contributed by atoms with van der Waals surface area (Å²) in [6.07, 6.45) is 2.03. The molecular weight excluding hydrogens is 443 g/mol. The summed E-state index contributed by atoms with van der Waals surface area (Å²) in [7, 11) is -3.56. The molecule has 2 N–H and O–H groups in total. The number of hydrogen-bond donors (Lipinski definition) is 2. The summed E-state index contributed by atoms with van der Waals surface area (Å²) >= 11 is 6.22. The molecule has 2 heterocycles. The maximum Gasteiger partial charge on any atom is 0.301 e. The Morgan fingerprint density at radius 1 is 1.13 bits per heavy atom. The van der Waals surface area contributed by atoms with Crippen LogP contribution in [0.3, 0.4) is 0 Å². The van der Waals surface area contributed by atoms with E-state index in [-0.39, 0.29) is 5.91 Å². The predicted octanol–water partition coefficient (Wildman–Crippen LogP) is 3.84. The number of carbonyl (C=O) groups is 1. The van der Waals surface area contributed by atoms with Crippen LogP contribution < -0.4 is 14.3 Å². The van der Waals surface area contributed by atoms with E-state index < -0.39 is 16.0 Å². The molecule has 1 aliphatic rings. The summed E-state index contributed by atoms with van der Waals surface area (Å²) in [5, 5.41) is 3.13. The highest BCUT2D eigenvalue weighted by atomic mass is 35.5. The third-order valence-corrected chi connectivity index (χ3v) is 6.62. The molecule has 0 unspecified atom stereocenters. The molecule has 1 saturated heterocycles. The van der Waals surface area contributed by atoms with Gasteiger partial charge in [0.1, 0.15) is 5.82 Å². The number of nitrogens with zero attached hydrogens (tertiary/aromatic N) is 2. The topological polar surface area (TPSA) is 91.4 Å². The molecule has 31 heavy (non-hydrogen) atoms. The number of carbonyl (C=O) groups excluding carboxylic acids is 1. The van der Waals surface area contributed by atoms with Gasteiger partial charge >= 0.3 is 10.2 Å². The van der Waals surface area contributed by atoms with Crippen LogP contribution in [0.4, 0.5) is 15.8 Å². The number of halogens is 2. The van der Waals surface area contributed by atoms with E-state index >= 15 is 0 Å². The molecule has 4 rings (SSSR count). The fraction of sp³-hybridized carbons (Fsp3) is 0.143. The molecule has 0 saturated carbocycles. The number of anilines is 2. The summed E-state index contributed by atoms with van der Waals surface area (Å²) in [6, 6.07) is 13.6. The predicted molar refractivity (Wildman–Crippen MR) is 118 cm³/mol. The van der Waals surface area contributed by atoms with Crippen LogP contribution in [-0.4, -0.2) is 32.4 Å². The average molecular weight is 461 g/mol. The van der Waals surface area contributed by atoms with Crippen molar-refractivity contribution in [3.8, 4) is 11.3 Å². The summed E-state index contributed by atoms with van der Waals surface area (Å²) in [5.74, 6) is -0.826. The first kappa shape index (κ1) is 21.2. The lowest BCUT2D eigenvalue weighted by Gasteiger charge is -2.28. The molecule has 7 nitrogen and oxygen atoms in total. The molecule has 2 aromatic carbocycles. The Balaban J connectivity index is 1.53. The van der Waals surface area contributed by atoms with Crippen LogP contribution in [0.2, 0.25) is 5.02 Å². The molecule has 1 aliphatic heterocycles. The van der Waals surface area contributed by atoms with Crippen molar-refractivity contribution in [2.45, 2.75) is 6.42 Å². The molecule has 0 atom stereocenters. The fourth-order valence-corrected chi connectivity index (χ4v) is 4.76. The number of benzene rings is 2. The highest BCUT2D eigenvalue weighted by molar-refractivity contribution is 7.90. The molecule has 1 fully saturated rings. The zero-order chi connectivity index (χ0) is 22.0. The minimum atomic E-state index is -3.56. The molecular formula is C21H18ClFN4O3S. The van der Waals surface area contributed by atoms with Gasteiger partial charge in [-0.05, 0) is 55.0 Å². The van der Waals surface area contributed by atoms with E-state index in [2.05, 4.69) is 15.0 Å². The molecule has 0 bridgehead atoms. The Labute approximate surface area is 184 Å². The fourth-order valence-electron chi connectivity index (χ4n) is 3.22. The normalized spacial score (nSPS) is 15.5. The summed E-state index contributed by atoms with van der Waals surface area (Å²) in [4.78, 5) is 16.8. The lowest BCUT2D eigenvalue weighted by molar-refractivity contribution is 0.102. The van der Waals surface area contributed by atoms with Gasteiger partial charge in [-0.15, -0.1) is 0 Å². The van der Waals surface area contributed by atoms with Gasteiger partial charge in [0.05, 0.1) is 16.4 Å². The number of aromatic nitrogens is 1. The number of pyridine rings is 1. The van der Waals surface area contributed by atoms with Crippen LogP contribution in [0.25, 0.3) is 11.3 Å². The van der Waals surface area contributed by atoms with Crippen molar-refractivity contribution in [1.82, 2.24) is 9.71 Å². The quantitative estimate of drug-likeness (QED) is 0.619. The lowest BCUT2D eigenvalue weighted by atomic mass is 10.1. The van der Waals surface area contributed by atoms with Gasteiger partial charge in [-0.3, -0.25) is 14.1 Å². The Morgan fingerprint density at radius 3 is 2.61 bits per heavy atom. The molecule has 10 heteroatoms. The molecule has 160 valence electrons. The Morgan fingerprint density at radius 2 is 1.90 bits per heavy atom. The van der Waals surface area contributed by atoms with Crippen LogP contribution in [0.5, 0.6) is 0 Å². The van der Waals surface area contributed by atoms with E-state index in [1.165, 1.54) is 22.6 Å². The molecule has 3 aromatic rings. The van der Waals surface area contributed by atoms with E-state index in [4.69, 9.17) is 11.6 Å². The minimum absolute atomic E-state index is 0.349. The first-order chi connectivity index (χ1) is 14.8. The SMILES string of the molecule is O=C(Nc1ccc(Cl)c(-c2cc(F)ccn2)c1)c1ccc(N2CCCNS2(=O)=O)cc1. The maximum atomic E-state index is 13.5. The molecule has 1 aromatic heterocycles. The first-order valence-electron chi connectivity index (χ1n) is 9.44. The van der Waals surface area contributed by atoms with Crippen molar-refractivity contribution in [3.05, 3.63) is 77.2 Å².